The van der Waals surface area contributed by atoms with E-state index in [4.69, 9.17) is 5.26 Å². The SMILES string of the molecule is CCC1CCC1(CC)c1cccc(C#N)c1. The maximum absolute atomic E-state index is 8.96. The van der Waals surface area contributed by atoms with Gasteiger partial charge in [0, 0.05) is 0 Å². The summed E-state index contributed by atoms with van der Waals surface area (Å²) in [5.74, 6) is 0.812. The lowest BCUT2D eigenvalue weighted by Crippen LogP contribution is -2.43. The van der Waals surface area contributed by atoms with Crippen LogP contribution in [0.25, 0.3) is 0 Å². The largest absolute Gasteiger partial charge is 0.192 e. The van der Waals surface area contributed by atoms with Crippen LogP contribution in [0.15, 0.2) is 24.3 Å². The fraction of sp³-hybridized carbons (Fsp3) is 0.533. The second kappa shape index (κ2) is 4.29. The van der Waals surface area contributed by atoms with Crippen LogP contribution >= 0.6 is 0 Å². The normalized spacial score (nSPS) is 28.2. The Labute approximate surface area is 98.1 Å². The zero-order valence-electron chi connectivity index (χ0n) is 10.2. The molecule has 2 unspecified atom stereocenters. The van der Waals surface area contributed by atoms with Crippen molar-refractivity contribution in [2.24, 2.45) is 5.92 Å². The number of hydrogen-bond donors (Lipinski definition) is 0. The van der Waals surface area contributed by atoms with Crippen LogP contribution in [0, 0.1) is 17.2 Å². The Morgan fingerprint density at radius 3 is 2.75 bits per heavy atom. The topological polar surface area (TPSA) is 23.8 Å². The second-order valence-corrected chi connectivity index (χ2v) is 4.85. The Bertz CT molecular complexity index is 410. The average Bonchev–Trinajstić information content (AvgIpc) is 2.30. The fourth-order valence-electron chi connectivity index (χ4n) is 3.24. The molecule has 16 heavy (non-hydrogen) atoms. The number of nitriles is 1. The Balaban J connectivity index is 2.38. The standard InChI is InChI=1S/C15H19N/c1-3-13-8-9-15(13,4-2)14-7-5-6-12(10-14)11-16/h5-7,10,13H,3-4,8-9H2,1-2H3. The van der Waals surface area contributed by atoms with Crippen LogP contribution in [0.5, 0.6) is 0 Å². The molecule has 0 radical (unpaired) electrons. The summed E-state index contributed by atoms with van der Waals surface area (Å²) in [6, 6.07) is 10.5. The van der Waals surface area contributed by atoms with E-state index in [1.165, 1.54) is 31.2 Å². The van der Waals surface area contributed by atoms with E-state index in [0.717, 1.165) is 11.5 Å². The monoisotopic (exact) mass is 213 g/mol. The highest BCUT2D eigenvalue weighted by molar-refractivity contribution is 5.38. The van der Waals surface area contributed by atoms with Crippen molar-refractivity contribution in [2.45, 2.75) is 44.9 Å². The van der Waals surface area contributed by atoms with Crippen molar-refractivity contribution >= 4 is 0 Å². The molecule has 0 bridgehead atoms. The van der Waals surface area contributed by atoms with Crippen molar-refractivity contribution in [3.63, 3.8) is 0 Å². The van der Waals surface area contributed by atoms with Gasteiger partial charge in [0.1, 0.15) is 0 Å². The highest BCUT2D eigenvalue weighted by Crippen LogP contribution is 2.52. The molecule has 84 valence electrons. The first-order chi connectivity index (χ1) is 7.76. The molecule has 0 spiro atoms. The van der Waals surface area contributed by atoms with Crippen molar-refractivity contribution in [3.8, 4) is 6.07 Å². The molecule has 1 fully saturated rings. The second-order valence-electron chi connectivity index (χ2n) is 4.85. The predicted molar refractivity (Wildman–Crippen MR) is 66.1 cm³/mol. The van der Waals surface area contributed by atoms with Crippen LogP contribution < -0.4 is 0 Å². The van der Waals surface area contributed by atoms with Crippen molar-refractivity contribution in [1.29, 1.82) is 5.26 Å². The zero-order valence-corrected chi connectivity index (χ0v) is 10.2. The Morgan fingerprint density at radius 1 is 1.44 bits per heavy atom. The number of benzene rings is 1. The van der Waals surface area contributed by atoms with Crippen molar-refractivity contribution in [2.75, 3.05) is 0 Å². The van der Waals surface area contributed by atoms with Gasteiger partial charge in [-0.25, -0.2) is 0 Å². The third-order valence-electron chi connectivity index (χ3n) is 4.41. The molecule has 0 aromatic heterocycles. The van der Waals surface area contributed by atoms with E-state index >= 15 is 0 Å². The van der Waals surface area contributed by atoms with E-state index in [-0.39, 0.29) is 0 Å². The van der Waals surface area contributed by atoms with E-state index in [2.05, 4.69) is 32.0 Å². The molecule has 1 heteroatoms. The third-order valence-corrected chi connectivity index (χ3v) is 4.41. The van der Waals surface area contributed by atoms with Gasteiger partial charge in [0.25, 0.3) is 0 Å². The van der Waals surface area contributed by atoms with Crippen molar-refractivity contribution < 1.29 is 0 Å². The quantitative estimate of drug-likeness (QED) is 0.743. The Hall–Kier alpha value is -1.29. The van der Waals surface area contributed by atoms with Gasteiger partial charge < -0.3 is 0 Å². The molecule has 2 rings (SSSR count). The highest BCUT2D eigenvalue weighted by Gasteiger charge is 2.45. The van der Waals surface area contributed by atoms with Gasteiger partial charge in [0.2, 0.25) is 0 Å². The first kappa shape index (κ1) is 11.2. The molecule has 1 aromatic rings. The first-order valence-electron chi connectivity index (χ1n) is 6.27. The summed E-state index contributed by atoms with van der Waals surface area (Å²) >= 11 is 0. The molecular formula is C15H19N. The minimum absolute atomic E-state index is 0.363. The molecule has 1 nitrogen and oxygen atoms in total. The Kier molecular flexibility index (Phi) is 3.01. The van der Waals surface area contributed by atoms with Crippen LogP contribution in [-0.2, 0) is 5.41 Å². The summed E-state index contributed by atoms with van der Waals surface area (Å²) in [7, 11) is 0. The molecule has 1 aromatic carbocycles. The first-order valence-corrected chi connectivity index (χ1v) is 6.27. The van der Waals surface area contributed by atoms with Gasteiger partial charge >= 0.3 is 0 Å². The van der Waals surface area contributed by atoms with Gasteiger partial charge in [-0.05, 0) is 48.3 Å². The van der Waals surface area contributed by atoms with Crippen LogP contribution in [0.1, 0.15) is 50.7 Å². The fourth-order valence-corrected chi connectivity index (χ4v) is 3.24. The lowest BCUT2D eigenvalue weighted by Gasteiger charge is -2.50. The van der Waals surface area contributed by atoms with Gasteiger partial charge in [-0.2, -0.15) is 5.26 Å². The minimum Gasteiger partial charge on any atom is -0.192 e. The summed E-state index contributed by atoms with van der Waals surface area (Å²) in [4.78, 5) is 0. The summed E-state index contributed by atoms with van der Waals surface area (Å²) in [6.45, 7) is 4.56. The lowest BCUT2D eigenvalue weighted by molar-refractivity contribution is 0.110. The summed E-state index contributed by atoms with van der Waals surface area (Å²) < 4.78 is 0. The van der Waals surface area contributed by atoms with Crippen LogP contribution in [0.3, 0.4) is 0 Å². The molecular weight excluding hydrogens is 194 g/mol. The van der Waals surface area contributed by atoms with Gasteiger partial charge in [-0.3, -0.25) is 0 Å². The zero-order chi connectivity index (χ0) is 11.6. The minimum atomic E-state index is 0.363. The molecule has 2 atom stereocenters. The van der Waals surface area contributed by atoms with Crippen LogP contribution in [0.4, 0.5) is 0 Å². The third kappa shape index (κ3) is 1.53. The highest BCUT2D eigenvalue weighted by atomic mass is 14.5. The summed E-state index contributed by atoms with van der Waals surface area (Å²) in [5, 5.41) is 8.96. The van der Waals surface area contributed by atoms with Crippen molar-refractivity contribution in [1.82, 2.24) is 0 Å². The molecule has 1 saturated carbocycles. The van der Waals surface area contributed by atoms with Crippen LogP contribution in [0.2, 0.25) is 0 Å². The van der Waals surface area contributed by atoms with Gasteiger partial charge in [-0.15, -0.1) is 0 Å². The summed E-state index contributed by atoms with van der Waals surface area (Å²) in [6.07, 6.45) is 5.09. The predicted octanol–water partition coefficient (Wildman–Crippen LogP) is 4.03. The average molecular weight is 213 g/mol. The smallest absolute Gasteiger partial charge is 0.0991 e. The van der Waals surface area contributed by atoms with Gasteiger partial charge in [-0.1, -0.05) is 32.4 Å². The molecule has 0 N–H and O–H groups in total. The maximum Gasteiger partial charge on any atom is 0.0991 e. The molecule has 0 saturated heterocycles. The summed E-state index contributed by atoms with van der Waals surface area (Å²) in [5.41, 5.74) is 2.54. The number of hydrogen-bond acceptors (Lipinski definition) is 1. The number of rotatable bonds is 3. The van der Waals surface area contributed by atoms with E-state index < -0.39 is 0 Å². The molecule has 0 heterocycles. The van der Waals surface area contributed by atoms with Crippen LogP contribution in [-0.4, -0.2) is 0 Å². The van der Waals surface area contributed by atoms with E-state index in [1.54, 1.807) is 0 Å². The molecule has 0 aliphatic heterocycles. The Morgan fingerprint density at radius 2 is 2.25 bits per heavy atom. The molecule has 1 aliphatic rings. The molecule has 0 amide bonds. The van der Waals surface area contributed by atoms with E-state index in [9.17, 15) is 0 Å². The van der Waals surface area contributed by atoms with Gasteiger partial charge in [0.15, 0.2) is 0 Å². The van der Waals surface area contributed by atoms with Gasteiger partial charge in [0.05, 0.1) is 11.6 Å². The molecule has 1 aliphatic carbocycles. The van der Waals surface area contributed by atoms with E-state index in [1.807, 2.05) is 12.1 Å². The van der Waals surface area contributed by atoms with Crippen molar-refractivity contribution in [3.05, 3.63) is 35.4 Å². The van der Waals surface area contributed by atoms with E-state index in [0.29, 0.717) is 5.41 Å². The lowest BCUT2D eigenvalue weighted by atomic mass is 9.54. The maximum atomic E-state index is 8.96. The number of nitrogens with zero attached hydrogens (tertiary/aromatic N) is 1.